The van der Waals surface area contributed by atoms with E-state index in [1.807, 2.05) is 13.0 Å². The van der Waals surface area contributed by atoms with E-state index >= 15 is 0 Å². The summed E-state index contributed by atoms with van der Waals surface area (Å²) in [4.78, 5) is 0. The van der Waals surface area contributed by atoms with Crippen molar-refractivity contribution in [2.24, 2.45) is 0 Å². The van der Waals surface area contributed by atoms with Crippen molar-refractivity contribution in [3.63, 3.8) is 0 Å². The predicted molar refractivity (Wildman–Crippen MR) is 46.6 cm³/mol. The first-order chi connectivity index (χ1) is 5.16. The van der Waals surface area contributed by atoms with Crippen molar-refractivity contribution in [2.75, 3.05) is 7.11 Å². The SMILES string of the molecule is C=C(O)C=CCCC(C)OC. The molecule has 0 aliphatic rings. The minimum Gasteiger partial charge on any atom is -0.509 e. The number of methoxy groups -OCH3 is 1. The molecule has 1 unspecified atom stereocenters. The summed E-state index contributed by atoms with van der Waals surface area (Å²) in [5.41, 5.74) is 0. The van der Waals surface area contributed by atoms with E-state index in [0.717, 1.165) is 12.8 Å². The molecule has 0 aliphatic heterocycles. The van der Waals surface area contributed by atoms with Crippen molar-refractivity contribution in [3.8, 4) is 0 Å². The minimum atomic E-state index is 0.107. The largest absolute Gasteiger partial charge is 0.509 e. The van der Waals surface area contributed by atoms with E-state index in [1.165, 1.54) is 0 Å². The van der Waals surface area contributed by atoms with Crippen LogP contribution in [0.4, 0.5) is 0 Å². The molecule has 0 aromatic carbocycles. The van der Waals surface area contributed by atoms with Gasteiger partial charge in [0.25, 0.3) is 0 Å². The molecule has 0 radical (unpaired) electrons. The molecule has 0 saturated carbocycles. The van der Waals surface area contributed by atoms with Gasteiger partial charge in [0, 0.05) is 7.11 Å². The summed E-state index contributed by atoms with van der Waals surface area (Å²) in [6.07, 6.45) is 5.65. The van der Waals surface area contributed by atoms with Gasteiger partial charge < -0.3 is 9.84 Å². The number of aliphatic hydroxyl groups excluding tert-OH is 1. The van der Waals surface area contributed by atoms with E-state index < -0.39 is 0 Å². The second-order valence-corrected chi connectivity index (χ2v) is 2.52. The zero-order chi connectivity index (χ0) is 8.69. The Morgan fingerprint density at radius 2 is 2.36 bits per heavy atom. The number of hydrogen-bond acceptors (Lipinski definition) is 2. The molecule has 0 saturated heterocycles. The highest BCUT2D eigenvalue weighted by Crippen LogP contribution is 2.01. The fraction of sp³-hybridized carbons (Fsp3) is 0.556. The van der Waals surface area contributed by atoms with E-state index in [-0.39, 0.29) is 11.9 Å². The van der Waals surface area contributed by atoms with Gasteiger partial charge >= 0.3 is 0 Å². The second kappa shape index (κ2) is 5.98. The van der Waals surface area contributed by atoms with Crippen molar-refractivity contribution in [1.82, 2.24) is 0 Å². The zero-order valence-electron chi connectivity index (χ0n) is 7.21. The van der Waals surface area contributed by atoms with Crippen LogP contribution in [0.2, 0.25) is 0 Å². The lowest BCUT2D eigenvalue weighted by Gasteiger charge is -2.05. The fourth-order valence-corrected chi connectivity index (χ4v) is 0.668. The molecule has 0 spiro atoms. The Kier molecular flexibility index (Phi) is 5.57. The number of rotatable bonds is 5. The summed E-state index contributed by atoms with van der Waals surface area (Å²) in [5.74, 6) is 0.107. The first-order valence-corrected chi connectivity index (χ1v) is 3.74. The van der Waals surface area contributed by atoms with Crippen LogP contribution in [0.15, 0.2) is 24.5 Å². The van der Waals surface area contributed by atoms with Crippen molar-refractivity contribution in [1.29, 1.82) is 0 Å². The molecule has 1 atom stereocenters. The van der Waals surface area contributed by atoms with Gasteiger partial charge in [0.1, 0.15) is 5.76 Å². The fourth-order valence-electron chi connectivity index (χ4n) is 0.668. The van der Waals surface area contributed by atoms with Gasteiger partial charge in [-0.15, -0.1) is 0 Å². The smallest absolute Gasteiger partial charge is 0.108 e. The van der Waals surface area contributed by atoms with Crippen LogP contribution < -0.4 is 0 Å². The average Bonchev–Trinajstić information content (AvgIpc) is 1.97. The summed E-state index contributed by atoms with van der Waals surface area (Å²) in [7, 11) is 1.69. The lowest BCUT2D eigenvalue weighted by atomic mass is 10.2. The molecular weight excluding hydrogens is 140 g/mol. The first-order valence-electron chi connectivity index (χ1n) is 3.74. The zero-order valence-corrected chi connectivity index (χ0v) is 7.21. The Hall–Kier alpha value is -0.760. The number of aliphatic hydroxyl groups is 1. The van der Waals surface area contributed by atoms with Gasteiger partial charge in [0.15, 0.2) is 0 Å². The molecule has 0 rings (SSSR count). The molecule has 0 bridgehead atoms. The Labute approximate surface area is 68.2 Å². The minimum absolute atomic E-state index is 0.107. The molecule has 0 aliphatic carbocycles. The average molecular weight is 156 g/mol. The standard InChI is InChI=1S/C9H16O2/c1-8(10)6-4-5-7-9(2)11-3/h4,6,9-10H,1,5,7H2,2-3H3. The van der Waals surface area contributed by atoms with Gasteiger partial charge in [-0.3, -0.25) is 0 Å². The maximum Gasteiger partial charge on any atom is 0.108 e. The lowest BCUT2D eigenvalue weighted by Crippen LogP contribution is -2.02. The van der Waals surface area contributed by atoms with Crippen LogP contribution in [0, 0.1) is 0 Å². The summed E-state index contributed by atoms with van der Waals surface area (Å²) < 4.78 is 5.04. The van der Waals surface area contributed by atoms with Crippen molar-refractivity contribution in [3.05, 3.63) is 24.5 Å². The second-order valence-electron chi connectivity index (χ2n) is 2.52. The molecule has 0 amide bonds. The van der Waals surface area contributed by atoms with E-state index in [9.17, 15) is 0 Å². The number of allylic oxidation sites excluding steroid dienone is 2. The molecule has 1 N–H and O–H groups in total. The Morgan fingerprint density at radius 3 is 2.82 bits per heavy atom. The summed E-state index contributed by atoms with van der Waals surface area (Å²) >= 11 is 0. The third kappa shape index (κ3) is 7.13. The van der Waals surface area contributed by atoms with Crippen LogP contribution in [-0.2, 0) is 4.74 Å². The van der Waals surface area contributed by atoms with Gasteiger partial charge in [0.05, 0.1) is 6.10 Å². The van der Waals surface area contributed by atoms with E-state index in [0.29, 0.717) is 0 Å². The Morgan fingerprint density at radius 1 is 1.73 bits per heavy atom. The van der Waals surface area contributed by atoms with E-state index in [4.69, 9.17) is 9.84 Å². The quantitative estimate of drug-likeness (QED) is 0.489. The Balaban J connectivity index is 3.33. The molecule has 0 aromatic heterocycles. The monoisotopic (exact) mass is 156 g/mol. The molecule has 2 nitrogen and oxygen atoms in total. The van der Waals surface area contributed by atoms with Crippen molar-refractivity contribution in [2.45, 2.75) is 25.9 Å². The molecule has 0 aromatic rings. The molecule has 2 heteroatoms. The van der Waals surface area contributed by atoms with Crippen LogP contribution >= 0.6 is 0 Å². The van der Waals surface area contributed by atoms with Crippen LogP contribution in [0.1, 0.15) is 19.8 Å². The lowest BCUT2D eigenvalue weighted by molar-refractivity contribution is 0.112. The van der Waals surface area contributed by atoms with E-state index in [1.54, 1.807) is 13.2 Å². The molecule has 64 valence electrons. The molecule has 11 heavy (non-hydrogen) atoms. The summed E-state index contributed by atoms with van der Waals surface area (Å²) in [6.45, 7) is 5.34. The Bertz CT molecular complexity index is 138. The van der Waals surface area contributed by atoms with Gasteiger partial charge in [-0.1, -0.05) is 12.7 Å². The maximum absolute atomic E-state index is 8.66. The van der Waals surface area contributed by atoms with Crippen LogP contribution in [0.3, 0.4) is 0 Å². The van der Waals surface area contributed by atoms with Gasteiger partial charge in [-0.05, 0) is 25.8 Å². The van der Waals surface area contributed by atoms with Crippen molar-refractivity contribution < 1.29 is 9.84 Å². The summed E-state index contributed by atoms with van der Waals surface area (Å²) in [6, 6.07) is 0. The van der Waals surface area contributed by atoms with Gasteiger partial charge in [-0.2, -0.15) is 0 Å². The highest BCUT2D eigenvalue weighted by molar-refractivity contribution is 5.04. The normalized spacial score (nSPS) is 13.6. The molecule has 0 heterocycles. The maximum atomic E-state index is 8.66. The van der Waals surface area contributed by atoms with Crippen LogP contribution in [0.5, 0.6) is 0 Å². The molecule has 0 fully saturated rings. The van der Waals surface area contributed by atoms with E-state index in [2.05, 4.69) is 6.58 Å². The number of ether oxygens (including phenoxy) is 1. The van der Waals surface area contributed by atoms with Gasteiger partial charge in [-0.25, -0.2) is 0 Å². The highest BCUT2D eigenvalue weighted by atomic mass is 16.5. The first kappa shape index (κ1) is 10.2. The van der Waals surface area contributed by atoms with Crippen LogP contribution in [-0.4, -0.2) is 18.3 Å². The number of hydrogen-bond donors (Lipinski definition) is 1. The van der Waals surface area contributed by atoms with Gasteiger partial charge in [0.2, 0.25) is 0 Å². The molecular formula is C9H16O2. The third-order valence-corrected chi connectivity index (χ3v) is 1.45. The topological polar surface area (TPSA) is 29.5 Å². The van der Waals surface area contributed by atoms with Crippen LogP contribution in [0.25, 0.3) is 0 Å². The van der Waals surface area contributed by atoms with Crippen molar-refractivity contribution >= 4 is 0 Å². The summed E-state index contributed by atoms with van der Waals surface area (Å²) in [5, 5.41) is 8.66. The third-order valence-electron chi connectivity index (χ3n) is 1.45. The predicted octanol–water partition coefficient (Wildman–Crippen LogP) is 2.43. The highest BCUT2D eigenvalue weighted by Gasteiger charge is 1.94.